The summed E-state index contributed by atoms with van der Waals surface area (Å²) in [5.74, 6) is 0. The molecule has 4 nitrogen and oxygen atoms in total. The van der Waals surface area contributed by atoms with Crippen LogP contribution in [0.3, 0.4) is 0 Å². The molecule has 1 heterocycles. The van der Waals surface area contributed by atoms with Crippen molar-refractivity contribution in [2.75, 3.05) is 0 Å². The van der Waals surface area contributed by atoms with E-state index in [1.165, 1.54) is 17.4 Å². The Balaban J connectivity index is 2.46. The molecule has 2 rings (SSSR count). The van der Waals surface area contributed by atoms with Crippen molar-refractivity contribution < 1.29 is 4.92 Å². The van der Waals surface area contributed by atoms with E-state index in [-0.39, 0.29) is 5.69 Å². The van der Waals surface area contributed by atoms with Crippen molar-refractivity contribution in [1.29, 1.82) is 0 Å². The summed E-state index contributed by atoms with van der Waals surface area (Å²) in [6.07, 6.45) is 1.70. The Hall–Kier alpha value is -1.75. The van der Waals surface area contributed by atoms with Gasteiger partial charge in [-0.25, -0.2) is 0 Å². The number of hydrogen-bond donors (Lipinski definition) is 0. The third-order valence-electron chi connectivity index (χ3n) is 1.77. The second kappa shape index (κ2) is 3.55. The van der Waals surface area contributed by atoms with E-state index in [4.69, 9.17) is 0 Å². The van der Waals surface area contributed by atoms with Crippen LogP contribution in [0.25, 0.3) is 10.4 Å². The number of aromatic nitrogens is 1. The van der Waals surface area contributed by atoms with Crippen LogP contribution < -0.4 is 0 Å². The van der Waals surface area contributed by atoms with Crippen LogP contribution in [0.2, 0.25) is 0 Å². The number of nitro groups is 1. The van der Waals surface area contributed by atoms with E-state index in [2.05, 4.69) is 4.98 Å². The molecule has 0 amide bonds. The topological polar surface area (TPSA) is 56.0 Å². The largest absolute Gasteiger partial charge is 0.270 e. The zero-order valence-electron chi connectivity index (χ0n) is 7.08. The summed E-state index contributed by atoms with van der Waals surface area (Å²) < 4.78 is 0. The molecule has 0 atom stereocenters. The SMILES string of the molecule is O=[N+]([O-])c1cccc(-c2cncs2)c1. The zero-order valence-corrected chi connectivity index (χ0v) is 7.90. The molecule has 0 aliphatic rings. The van der Waals surface area contributed by atoms with Crippen LogP contribution in [0.1, 0.15) is 0 Å². The van der Waals surface area contributed by atoms with Gasteiger partial charge in [-0.15, -0.1) is 11.3 Å². The standard InChI is InChI=1S/C9H6N2O2S/c12-11(13)8-3-1-2-7(4-8)9-5-10-6-14-9/h1-6H. The summed E-state index contributed by atoms with van der Waals surface area (Å²) in [7, 11) is 0. The van der Waals surface area contributed by atoms with Crippen molar-refractivity contribution in [3.63, 3.8) is 0 Å². The Morgan fingerprint density at radius 2 is 2.29 bits per heavy atom. The lowest BCUT2D eigenvalue weighted by atomic mass is 10.2. The lowest BCUT2D eigenvalue weighted by Crippen LogP contribution is -1.87. The lowest BCUT2D eigenvalue weighted by molar-refractivity contribution is -0.384. The Morgan fingerprint density at radius 1 is 1.43 bits per heavy atom. The van der Waals surface area contributed by atoms with Gasteiger partial charge in [0.2, 0.25) is 0 Å². The van der Waals surface area contributed by atoms with Crippen LogP contribution in [-0.4, -0.2) is 9.91 Å². The monoisotopic (exact) mass is 206 g/mol. The molecule has 0 fully saturated rings. The van der Waals surface area contributed by atoms with Gasteiger partial charge in [0.05, 0.1) is 15.3 Å². The Morgan fingerprint density at radius 3 is 2.93 bits per heavy atom. The molecular formula is C9H6N2O2S. The van der Waals surface area contributed by atoms with Crippen molar-refractivity contribution >= 4 is 17.0 Å². The quantitative estimate of drug-likeness (QED) is 0.560. The molecule has 2 aromatic rings. The molecule has 1 aromatic heterocycles. The minimum atomic E-state index is -0.398. The van der Waals surface area contributed by atoms with Gasteiger partial charge in [-0.3, -0.25) is 15.1 Å². The maximum atomic E-state index is 10.5. The van der Waals surface area contributed by atoms with Gasteiger partial charge < -0.3 is 0 Å². The fourth-order valence-corrected chi connectivity index (χ4v) is 1.75. The van der Waals surface area contributed by atoms with E-state index in [0.29, 0.717) is 0 Å². The van der Waals surface area contributed by atoms with Crippen LogP contribution in [0.15, 0.2) is 36.0 Å². The fourth-order valence-electron chi connectivity index (χ4n) is 1.13. The van der Waals surface area contributed by atoms with Gasteiger partial charge >= 0.3 is 0 Å². The second-order valence-corrected chi connectivity index (χ2v) is 3.56. The number of benzene rings is 1. The summed E-state index contributed by atoms with van der Waals surface area (Å²) in [6.45, 7) is 0. The number of nitro benzene ring substituents is 1. The molecule has 5 heteroatoms. The lowest BCUT2D eigenvalue weighted by Gasteiger charge is -1.95. The maximum absolute atomic E-state index is 10.5. The Bertz CT molecular complexity index is 454. The number of rotatable bonds is 2. The minimum absolute atomic E-state index is 0.107. The highest BCUT2D eigenvalue weighted by molar-refractivity contribution is 7.13. The van der Waals surface area contributed by atoms with Crippen LogP contribution >= 0.6 is 11.3 Å². The molecule has 0 spiro atoms. The summed E-state index contributed by atoms with van der Waals surface area (Å²) in [5, 5.41) is 10.5. The molecule has 0 saturated heterocycles. The van der Waals surface area contributed by atoms with Crippen molar-refractivity contribution in [2.45, 2.75) is 0 Å². The Labute approximate surface area is 84.0 Å². The van der Waals surface area contributed by atoms with E-state index in [0.717, 1.165) is 10.4 Å². The molecule has 70 valence electrons. The van der Waals surface area contributed by atoms with Crippen LogP contribution in [0, 0.1) is 10.1 Å². The highest BCUT2D eigenvalue weighted by atomic mass is 32.1. The number of non-ortho nitro benzene ring substituents is 1. The first kappa shape index (κ1) is 8.83. The van der Waals surface area contributed by atoms with Crippen LogP contribution in [0.4, 0.5) is 5.69 Å². The van der Waals surface area contributed by atoms with Gasteiger partial charge in [0.25, 0.3) is 5.69 Å². The molecule has 0 N–H and O–H groups in total. The number of thiazole rings is 1. The van der Waals surface area contributed by atoms with Gasteiger partial charge in [-0.05, 0) is 0 Å². The average molecular weight is 206 g/mol. The van der Waals surface area contributed by atoms with E-state index < -0.39 is 4.92 Å². The predicted molar refractivity (Wildman–Crippen MR) is 54.2 cm³/mol. The number of hydrogen-bond acceptors (Lipinski definition) is 4. The van der Waals surface area contributed by atoms with E-state index in [1.54, 1.807) is 23.8 Å². The predicted octanol–water partition coefficient (Wildman–Crippen LogP) is 2.72. The molecule has 14 heavy (non-hydrogen) atoms. The molecule has 0 unspecified atom stereocenters. The van der Waals surface area contributed by atoms with Crippen molar-refractivity contribution in [3.05, 3.63) is 46.1 Å². The summed E-state index contributed by atoms with van der Waals surface area (Å²) in [4.78, 5) is 15.0. The van der Waals surface area contributed by atoms with Crippen LogP contribution in [0.5, 0.6) is 0 Å². The third kappa shape index (κ3) is 1.62. The molecular weight excluding hydrogens is 200 g/mol. The van der Waals surface area contributed by atoms with Gasteiger partial charge in [-0.2, -0.15) is 0 Å². The molecule has 0 bridgehead atoms. The van der Waals surface area contributed by atoms with E-state index in [1.807, 2.05) is 6.07 Å². The van der Waals surface area contributed by atoms with E-state index in [9.17, 15) is 10.1 Å². The molecule has 0 saturated carbocycles. The van der Waals surface area contributed by atoms with Crippen molar-refractivity contribution in [2.24, 2.45) is 0 Å². The Kier molecular flexibility index (Phi) is 2.24. The fraction of sp³-hybridized carbons (Fsp3) is 0. The van der Waals surface area contributed by atoms with Gasteiger partial charge in [0.1, 0.15) is 0 Å². The second-order valence-electron chi connectivity index (χ2n) is 2.67. The van der Waals surface area contributed by atoms with Gasteiger partial charge in [0, 0.05) is 23.9 Å². The van der Waals surface area contributed by atoms with Gasteiger partial charge in [0.15, 0.2) is 0 Å². The number of nitrogens with zero attached hydrogens (tertiary/aromatic N) is 2. The van der Waals surface area contributed by atoms with Gasteiger partial charge in [-0.1, -0.05) is 12.1 Å². The average Bonchev–Trinajstić information content (AvgIpc) is 2.71. The first-order valence-electron chi connectivity index (χ1n) is 3.91. The molecule has 0 radical (unpaired) electrons. The van der Waals surface area contributed by atoms with E-state index >= 15 is 0 Å². The summed E-state index contributed by atoms with van der Waals surface area (Å²) in [6, 6.07) is 6.53. The summed E-state index contributed by atoms with van der Waals surface area (Å²) >= 11 is 1.46. The molecule has 0 aliphatic carbocycles. The van der Waals surface area contributed by atoms with Crippen molar-refractivity contribution in [3.8, 4) is 10.4 Å². The first-order valence-corrected chi connectivity index (χ1v) is 4.78. The molecule has 0 aliphatic heterocycles. The zero-order chi connectivity index (χ0) is 9.97. The van der Waals surface area contributed by atoms with Crippen LogP contribution in [-0.2, 0) is 0 Å². The smallest absolute Gasteiger partial charge is 0.258 e. The molecule has 1 aromatic carbocycles. The normalized spacial score (nSPS) is 10.0. The minimum Gasteiger partial charge on any atom is -0.258 e. The van der Waals surface area contributed by atoms with Crippen molar-refractivity contribution in [1.82, 2.24) is 4.98 Å². The maximum Gasteiger partial charge on any atom is 0.270 e. The highest BCUT2D eigenvalue weighted by Gasteiger charge is 2.07. The highest BCUT2D eigenvalue weighted by Crippen LogP contribution is 2.26. The first-order chi connectivity index (χ1) is 6.77. The summed E-state index contributed by atoms with van der Waals surface area (Å²) in [5.41, 5.74) is 2.64. The third-order valence-corrected chi connectivity index (χ3v) is 2.60.